The Morgan fingerprint density at radius 2 is 2.25 bits per heavy atom. The molecule has 1 aromatic carbocycles. The number of aryl methyl sites for hydroxylation is 1. The minimum atomic E-state index is -0.304. The Kier molecular flexibility index (Phi) is 4.43. The van der Waals surface area contributed by atoms with Gasteiger partial charge in [0, 0.05) is 19.2 Å². The Labute approximate surface area is 94.6 Å². The van der Waals surface area contributed by atoms with Crippen LogP contribution >= 0.6 is 0 Å². The molecule has 0 fully saturated rings. The predicted molar refractivity (Wildman–Crippen MR) is 59.9 cm³/mol. The highest BCUT2D eigenvalue weighted by Crippen LogP contribution is 2.08. The topological polar surface area (TPSA) is 38.3 Å². The fourth-order valence-corrected chi connectivity index (χ4v) is 1.21. The molecule has 0 spiro atoms. The number of carbonyl (C=O) groups is 1. The lowest BCUT2D eigenvalue weighted by Crippen LogP contribution is -2.31. The molecule has 1 unspecified atom stereocenters. The maximum absolute atomic E-state index is 13.0. The second kappa shape index (κ2) is 5.61. The van der Waals surface area contributed by atoms with E-state index >= 15 is 0 Å². The second-order valence-corrected chi connectivity index (χ2v) is 3.72. The van der Waals surface area contributed by atoms with E-state index in [1.54, 1.807) is 14.0 Å². The molecule has 1 amide bonds. The predicted octanol–water partition coefficient (Wildman–Crippen LogP) is 1.90. The van der Waals surface area contributed by atoms with Crippen LogP contribution in [0.25, 0.3) is 0 Å². The molecule has 1 atom stereocenters. The number of halogens is 1. The third-order valence-electron chi connectivity index (χ3n) is 2.37. The summed E-state index contributed by atoms with van der Waals surface area (Å²) in [6.07, 6.45) is -0.0366. The van der Waals surface area contributed by atoms with Gasteiger partial charge in [-0.2, -0.15) is 0 Å². The quantitative estimate of drug-likeness (QED) is 0.850. The molecular weight excluding hydrogens is 209 g/mol. The van der Waals surface area contributed by atoms with E-state index in [2.05, 4.69) is 5.32 Å². The number of benzene rings is 1. The summed E-state index contributed by atoms with van der Waals surface area (Å²) in [5.41, 5.74) is 0.926. The first-order valence-electron chi connectivity index (χ1n) is 5.11. The molecule has 16 heavy (non-hydrogen) atoms. The Balaban J connectivity index is 2.63. The number of ether oxygens (including phenoxy) is 1. The van der Waals surface area contributed by atoms with Crippen molar-refractivity contribution in [3.05, 3.63) is 35.1 Å². The third kappa shape index (κ3) is 3.31. The lowest BCUT2D eigenvalue weighted by Gasteiger charge is -2.11. The van der Waals surface area contributed by atoms with Crippen molar-refractivity contribution in [2.45, 2.75) is 20.0 Å². The normalized spacial score (nSPS) is 12.2. The summed E-state index contributed by atoms with van der Waals surface area (Å²) in [5.74, 6) is -0.520. The molecule has 0 aliphatic heterocycles. The van der Waals surface area contributed by atoms with Crippen LogP contribution in [0.3, 0.4) is 0 Å². The van der Waals surface area contributed by atoms with Crippen LogP contribution in [0.5, 0.6) is 0 Å². The van der Waals surface area contributed by atoms with Gasteiger partial charge in [0.1, 0.15) is 5.82 Å². The highest BCUT2D eigenvalue weighted by Gasteiger charge is 2.08. The highest BCUT2D eigenvalue weighted by atomic mass is 19.1. The van der Waals surface area contributed by atoms with Crippen molar-refractivity contribution in [1.82, 2.24) is 5.32 Å². The molecule has 0 aliphatic carbocycles. The fraction of sp³-hybridized carbons (Fsp3) is 0.417. The number of hydrogen-bond acceptors (Lipinski definition) is 2. The minimum Gasteiger partial charge on any atom is -0.380 e. The molecule has 0 heterocycles. The maximum Gasteiger partial charge on any atom is 0.251 e. The van der Waals surface area contributed by atoms with Crippen molar-refractivity contribution in [2.24, 2.45) is 0 Å². The van der Waals surface area contributed by atoms with Crippen LogP contribution in [0.4, 0.5) is 4.39 Å². The molecule has 3 nitrogen and oxygen atoms in total. The molecule has 4 heteroatoms. The monoisotopic (exact) mass is 225 g/mol. The zero-order valence-corrected chi connectivity index (χ0v) is 9.71. The Bertz CT molecular complexity index is 379. The van der Waals surface area contributed by atoms with E-state index in [0.29, 0.717) is 17.7 Å². The third-order valence-corrected chi connectivity index (χ3v) is 2.37. The molecule has 0 bridgehead atoms. The van der Waals surface area contributed by atoms with Gasteiger partial charge in [-0.05, 0) is 37.6 Å². The fourth-order valence-electron chi connectivity index (χ4n) is 1.21. The molecule has 1 N–H and O–H groups in total. The first-order valence-corrected chi connectivity index (χ1v) is 5.11. The standard InChI is InChI=1S/C12H16FNO2/c1-8-6-10(4-5-11(8)13)12(15)14-7-9(2)16-3/h4-6,9H,7H2,1-3H3,(H,14,15). The van der Waals surface area contributed by atoms with Gasteiger partial charge in [-0.1, -0.05) is 0 Å². The largest absolute Gasteiger partial charge is 0.380 e. The molecule has 0 saturated carbocycles. The van der Waals surface area contributed by atoms with Crippen LogP contribution in [-0.2, 0) is 4.74 Å². The average Bonchev–Trinajstić information content (AvgIpc) is 2.29. The van der Waals surface area contributed by atoms with E-state index < -0.39 is 0 Å². The molecule has 0 radical (unpaired) electrons. The van der Waals surface area contributed by atoms with Crippen LogP contribution in [0.15, 0.2) is 18.2 Å². The summed E-state index contributed by atoms with van der Waals surface area (Å²) in [5, 5.41) is 2.71. The molecule has 0 aromatic heterocycles. The van der Waals surface area contributed by atoms with Crippen molar-refractivity contribution in [3.63, 3.8) is 0 Å². The van der Waals surface area contributed by atoms with Crippen LogP contribution in [-0.4, -0.2) is 25.7 Å². The van der Waals surface area contributed by atoms with Gasteiger partial charge in [-0.3, -0.25) is 4.79 Å². The molecule has 88 valence electrons. The van der Waals surface area contributed by atoms with Crippen LogP contribution in [0.2, 0.25) is 0 Å². The first-order chi connectivity index (χ1) is 7.54. The Morgan fingerprint density at radius 1 is 1.56 bits per heavy atom. The Morgan fingerprint density at radius 3 is 2.81 bits per heavy atom. The average molecular weight is 225 g/mol. The summed E-state index contributed by atoms with van der Waals surface area (Å²) >= 11 is 0. The summed E-state index contributed by atoms with van der Waals surface area (Å²) in [7, 11) is 1.58. The van der Waals surface area contributed by atoms with Crippen LogP contribution < -0.4 is 5.32 Å². The highest BCUT2D eigenvalue weighted by molar-refractivity contribution is 5.94. The molecular formula is C12H16FNO2. The molecule has 1 rings (SSSR count). The van der Waals surface area contributed by atoms with Gasteiger partial charge in [0.2, 0.25) is 0 Å². The number of hydrogen-bond donors (Lipinski definition) is 1. The van der Waals surface area contributed by atoms with Gasteiger partial charge < -0.3 is 10.1 Å². The lowest BCUT2D eigenvalue weighted by atomic mass is 10.1. The number of amides is 1. The van der Waals surface area contributed by atoms with Crippen molar-refractivity contribution >= 4 is 5.91 Å². The zero-order chi connectivity index (χ0) is 12.1. The van der Waals surface area contributed by atoms with Crippen LogP contribution in [0, 0.1) is 12.7 Å². The molecule has 0 saturated heterocycles. The molecule has 0 aliphatic rings. The van der Waals surface area contributed by atoms with E-state index in [1.165, 1.54) is 18.2 Å². The van der Waals surface area contributed by atoms with Gasteiger partial charge in [0.05, 0.1) is 6.10 Å². The number of nitrogens with one attached hydrogen (secondary N) is 1. The smallest absolute Gasteiger partial charge is 0.251 e. The van der Waals surface area contributed by atoms with Gasteiger partial charge >= 0.3 is 0 Å². The van der Waals surface area contributed by atoms with E-state index in [1.807, 2.05) is 6.92 Å². The van der Waals surface area contributed by atoms with Gasteiger partial charge in [0.15, 0.2) is 0 Å². The van der Waals surface area contributed by atoms with E-state index in [4.69, 9.17) is 4.74 Å². The second-order valence-electron chi connectivity index (χ2n) is 3.72. The van der Waals surface area contributed by atoms with Crippen molar-refractivity contribution < 1.29 is 13.9 Å². The van der Waals surface area contributed by atoms with Crippen molar-refractivity contribution in [3.8, 4) is 0 Å². The zero-order valence-electron chi connectivity index (χ0n) is 9.71. The number of carbonyl (C=O) groups excluding carboxylic acids is 1. The summed E-state index contributed by atoms with van der Waals surface area (Å²) in [6, 6.07) is 4.29. The minimum absolute atomic E-state index is 0.0366. The maximum atomic E-state index is 13.0. The van der Waals surface area contributed by atoms with E-state index in [9.17, 15) is 9.18 Å². The van der Waals surface area contributed by atoms with Gasteiger partial charge in [-0.15, -0.1) is 0 Å². The van der Waals surface area contributed by atoms with E-state index in [-0.39, 0.29) is 17.8 Å². The van der Waals surface area contributed by atoms with E-state index in [0.717, 1.165) is 0 Å². The first kappa shape index (κ1) is 12.6. The van der Waals surface area contributed by atoms with Crippen molar-refractivity contribution in [1.29, 1.82) is 0 Å². The number of rotatable bonds is 4. The van der Waals surface area contributed by atoms with Crippen molar-refractivity contribution in [2.75, 3.05) is 13.7 Å². The summed E-state index contributed by atoms with van der Waals surface area (Å²) in [4.78, 5) is 11.6. The van der Waals surface area contributed by atoms with Gasteiger partial charge in [0.25, 0.3) is 5.91 Å². The SMILES string of the molecule is COC(C)CNC(=O)c1ccc(F)c(C)c1. The summed E-state index contributed by atoms with van der Waals surface area (Å²) < 4.78 is 18.0. The summed E-state index contributed by atoms with van der Waals surface area (Å²) in [6.45, 7) is 3.92. The lowest BCUT2D eigenvalue weighted by molar-refractivity contribution is 0.0870. The van der Waals surface area contributed by atoms with Gasteiger partial charge in [-0.25, -0.2) is 4.39 Å². The van der Waals surface area contributed by atoms with Crippen LogP contribution in [0.1, 0.15) is 22.8 Å². The Hall–Kier alpha value is -1.42. The number of methoxy groups -OCH3 is 1. The molecule has 1 aromatic rings.